The van der Waals surface area contributed by atoms with E-state index in [0.29, 0.717) is 16.1 Å². The minimum absolute atomic E-state index is 0.192. The third-order valence-corrected chi connectivity index (χ3v) is 6.28. The van der Waals surface area contributed by atoms with Crippen LogP contribution in [0.4, 0.5) is 9.39 Å². The number of hydrogen-bond acceptors (Lipinski definition) is 7. The van der Waals surface area contributed by atoms with Gasteiger partial charge in [0.05, 0.1) is 26.5 Å². The number of carbonyl (C=O) groups excluding carboxylic acids is 2. The predicted octanol–water partition coefficient (Wildman–Crippen LogP) is 3.69. The average Bonchev–Trinajstić information content (AvgIpc) is 3.45. The Kier molecular flexibility index (Phi) is 6.99. The Morgan fingerprint density at radius 3 is 2.50 bits per heavy atom. The number of nitrogens with zero attached hydrogens (tertiary/aromatic N) is 2. The van der Waals surface area contributed by atoms with Crippen LogP contribution in [0.3, 0.4) is 0 Å². The molecule has 1 aliphatic heterocycles. The molecule has 7 nitrogen and oxygen atoms in total. The molecule has 0 aliphatic carbocycles. The Morgan fingerprint density at radius 1 is 1.12 bits per heavy atom. The lowest BCUT2D eigenvalue weighted by molar-refractivity contribution is -0.117. The number of esters is 1. The van der Waals surface area contributed by atoms with Crippen LogP contribution >= 0.6 is 11.3 Å². The van der Waals surface area contributed by atoms with Gasteiger partial charge in [-0.2, -0.15) is 0 Å². The molecule has 0 radical (unpaired) electrons. The number of methoxy groups -OCH3 is 1. The van der Waals surface area contributed by atoms with E-state index >= 15 is 0 Å². The lowest BCUT2D eigenvalue weighted by Crippen LogP contribution is -2.48. The van der Waals surface area contributed by atoms with E-state index in [9.17, 15) is 14.0 Å². The molecule has 32 heavy (non-hydrogen) atoms. The Bertz CT molecular complexity index is 1060. The molecule has 1 aromatic carbocycles. The van der Waals surface area contributed by atoms with Crippen LogP contribution in [0.1, 0.15) is 16.1 Å². The Balaban J connectivity index is 1.38. The van der Waals surface area contributed by atoms with Crippen molar-refractivity contribution in [3.05, 3.63) is 65.2 Å². The van der Waals surface area contributed by atoms with Crippen molar-refractivity contribution >= 4 is 28.2 Å². The fraction of sp³-hybridized carbons (Fsp3) is 0.304. The minimum atomic E-state index is -0.549. The smallest absolute Gasteiger partial charge is 0.341 e. The van der Waals surface area contributed by atoms with Crippen molar-refractivity contribution in [1.82, 2.24) is 9.80 Å². The molecule has 1 N–H and O–H groups in total. The summed E-state index contributed by atoms with van der Waals surface area (Å²) in [5.74, 6) is -0.169. The van der Waals surface area contributed by atoms with Crippen LogP contribution in [0.15, 0.2) is 52.5 Å². The van der Waals surface area contributed by atoms with Gasteiger partial charge in [0.2, 0.25) is 5.91 Å². The van der Waals surface area contributed by atoms with E-state index in [1.54, 1.807) is 23.8 Å². The van der Waals surface area contributed by atoms with Gasteiger partial charge in [0.15, 0.2) is 0 Å². The molecule has 1 amide bonds. The zero-order valence-corrected chi connectivity index (χ0v) is 18.5. The first-order valence-electron chi connectivity index (χ1n) is 10.3. The van der Waals surface area contributed by atoms with Gasteiger partial charge in [0, 0.05) is 37.1 Å². The molecule has 2 aromatic heterocycles. The first-order chi connectivity index (χ1) is 15.5. The van der Waals surface area contributed by atoms with E-state index in [-0.39, 0.29) is 23.8 Å². The summed E-state index contributed by atoms with van der Waals surface area (Å²) in [6.45, 7) is 4.21. The SMILES string of the molecule is COC(=O)c1c(-c2ccc(F)cc2)csc1NC(=O)CN1CCN(Cc2ccco2)CC1. The number of piperazine rings is 1. The number of anilines is 1. The summed E-state index contributed by atoms with van der Waals surface area (Å²) in [7, 11) is 1.29. The van der Waals surface area contributed by atoms with Gasteiger partial charge >= 0.3 is 5.97 Å². The van der Waals surface area contributed by atoms with Gasteiger partial charge in [-0.15, -0.1) is 11.3 Å². The van der Waals surface area contributed by atoms with E-state index in [1.165, 1.54) is 30.6 Å². The van der Waals surface area contributed by atoms with Crippen molar-refractivity contribution < 1.29 is 23.1 Å². The van der Waals surface area contributed by atoms with Crippen LogP contribution < -0.4 is 5.32 Å². The van der Waals surface area contributed by atoms with Crippen LogP contribution in [0.2, 0.25) is 0 Å². The van der Waals surface area contributed by atoms with E-state index in [0.717, 1.165) is 38.5 Å². The van der Waals surface area contributed by atoms with E-state index < -0.39 is 5.97 Å². The van der Waals surface area contributed by atoms with E-state index in [1.807, 2.05) is 12.1 Å². The summed E-state index contributed by atoms with van der Waals surface area (Å²) in [6.07, 6.45) is 1.67. The van der Waals surface area contributed by atoms with E-state index in [4.69, 9.17) is 9.15 Å². The number of hydrogen-bond donors (Lipinski definition) is 1. The largest absolute Gasteiger partial charge is 0.468 e. The third-order valence-electron chi connectivity index (χ3n) is 5.38. The molecule has 0 saturated carbocycles. The predicted molar refractivity (Wildman–Crippen MR) is 120 cm³/mol. The maximum absolute atomic E-state index is 13.3. The molecule has 1 fully saturated rings. The zero-order chi connectivity index (χ0) is 22.5. The lowest BCUT2D eigenvalue weighted by atomic mass is 10.0. The molecule has 0 bridgehead atoms. The zero-order valence-electron chi connectivity index (χ0n) is 17.7. The molecule has 0 unspecified atom stereocenters. The number of carbonyl (C=O) groups is 2. The van der Waals surface area contributed by atoms with Gasteiger partial charge in [-0.3, -0.25) is 14.6 Å². The first-order valence-corrected chi connectivity index (χ1v) is 11.1. The van der Waals surface area contributed by atoms with Crippen molar-refractivity contribution in [2.24, 2.45) is 0 Å². The van der Waals surface area contributed by atoms with Crippen LogP contribution in [-0.4, -0.2) is 61.5 Å². The first kappa shape index (κ1) is 22.2. The number of benzene rings is 1. The molecule has 0 atom stereocenters. The highest BCUT2D eigenvalue weighted by Gasteiger charge is 2.24. The number of nitrogens with one attached hydrogen (secondary N) is 1. The van der Waals surface area contributed by atoms with E-state index in [2.05, 4.69) is 15.1 Å². The molecule has 3 heterocycles. The van der Waals surface area contributed by atoms with Gasteiger partial charge < -0.3 is 14.5 Å². The summed E-state index contributed by atoms with van der Waals surface area (Å²) in [6, 6.07) is 9.69. The number of ether oxygens (including phenoxy) is 1. The van der Waals surface area contributed by atoms with Gasteiger partial charge in [-0.05, 0) is 29.8 Å². The topological polar surface area (TPSA) is 75.0 Å². The maximum Gasteiger partial charge on any atom is 0.341 e. The fourth-order valence-electron chi connectivity index (χ4n) is 3.69. The number of amides is 1. The monoisotopic (exact) mass is 457 g/mol. The average molecular weight is 458 g/mol. The van der Waals surface area contributed by atoms with Crippen LogP contribution in [0.25, 0.3) is 11.1 Å². The summed E-state index contributed by atoms with van der Waals surface area (Å²) < 4.78 is 23.6. The molecule has 0 spiro atoms. The second kappa shape index (κ2) is 10.1. The van der Waals surface area contributed by atoms with Gasteiger partial charge in [0.1, 0.15) is 22.1 Å². The maximum atomic E-state index is 13.3. The number of thiophene rings is 1. The molecular weight excluding hydrogens is 433 g/mol. The normalized spacial score (nSPS) is 14.9. The second-order valence-electron chi connectivity index (χ2n) is 7.53. The summed E-state index contributed by atoms with van der Waals surface area (Å²) in [4.78, 5) is 29.5. The van der Waals surface area contributed by atoms with Crippen LogP contribution in [0.5, 0.6) is 0 Å². The van der Waals surface area contributed by atoms with Gasteiger partial charge in [-0.25, -0.2) is 9.18 Å². The highest BCUT2D eigenvalue weighted by Crippen LogP contribution is 2.36. The van der Waals surface area contributed by atoms with Crippen molar-refractivity contribution in [2.75, 3.05) is 45.2 Å². The molecular formula is C23H24FN3O4S. The van der Waals surface area contributed by atoms with Gasteiger partial charge in [-0.1, -0.05) is 12.1 Å². The Morgan fingerprint density at radius 2 is 1.84 bits per heavy atom. The van der Waals surface area contributed by atoms with Crippen LogP contribution in [-0.2, 0) is 16.1 Å². The molecule has 4 rings (SSSR count). The highest BCUT2D eigenvalue weighted by atomic mass is 32.1. The molecule has 9 heteroatoms. The highest BCUT2D eigenvalue weighted by molar-refractivity contribution is 7.15. The minimum Gasteiger partial charge on any atom is -0.468 e. The quantitative estimate of drug-likeness (QED) is 0.546. The summed E-state index contributed by atoms with van der Waals surface area (Å²) in [5, 5.41) is 5.05. The number of halogens is 1. The molecule has 3 aromatic rings. The third kappa shape index (κ3) is 5.24. The molecule has 1 saturated heterocycles. The summed E-state index contributed by atoms with van der Waals surface area (Å²) >= 11 is 1.25. The number of rotatable bonds is 7. The lowest BCUT2D eigenvalue weighted by Gasteiger charge is -2.33. The standard InChI is InChI=1S/C23H24FN3O4S/c1-30-23(29)21-19(16-4-6-17(24)7-5-16)15-32-22(21)25-20(28)14-27-10-8-26(9-11-27)13-18-3-2-12-31-18/h2-7,12,15H,8-11,13-14H2,1H3,(H,25,28). The fourth-order valence-corrected chi connectivity index (χ4v) is 4.67. The molecule has 1 aliphatic rings. The van der Waals surface area contributed by atoms with Crippen molar-refractivity contribution in [1.29, 1.82) is 0 Å². The van der Waals surface area contributed by atoms with Crippen molar-refractivity contribution in [2.45, 2.75) is 6.54 Å². The van der Waals surface area contributed by atoms with Crippen molar-refractivity contribution in [3.8, 4) is 11.1 Å². The van der Waals surface area contributed by atoms with Crippen molar-refractivity contribution in [3.63, 3.8) is 0 Å². The van der Waals surface area contributed by atoms with Crippen LogP contribution in [0, 0.1) is 5.82 Å². The van der Waals surface area contributed by atoms with Gasteiger partial charge in [0.25, 0.3) is 0 Å². The molecule has 168 valence electrons. The Labute approximate surface area is 189 Å². The second-order valence-corrected chi connectivity index (χ2v) is 8.41. The summed E-state index contributed by atoms with van der Waals surface area (Å²) in [5.41, 5.74) is 1.56. The Hall–Kier alpha value is -3.01. The number of furan rings is 1.